The smallest absolute Gasteiger partial charge is 0.164 e. The molecular formula is C50H37N3. The Morgan fingerprint density at radius 2 is 1.49 bits per heavy atom. The van der Waals surface area contributed by atoms with E-state index in [2.05, 4.69) is 146 Å². The van der Waals surface area contributed by atoms with Gasteiger partial charge in [0.15, 0.2) is 5.82 Å². The molecule has 0 bridgehead atoms. The minimum absolute atomic E-state index is 0.885. The molecular weight excluding hydrogens is 643 g/mol. The second kappa shape index (κ2) is 11.6. The standard InChI is InChI=1S/C50H37N3/c1-3-16-30(4-2)38-29-42-48-44-35(38)23-15-24-37(44)43(31-17-7-5-8-18-31)45-34-22-12-11-21-33(34)36-27-28-41(47(48)46(36)45)53(42)50-49(32-19-9-6-10-20-32)51-39-25-13-14-26-40(39)52-50/h3,5,7-9,11-13,15-25,27-29H,1,4,6,10,14,26H2,2H3/b30-16+. The molecule has 0 spiro atoms. The summed E-state index contributed by atoms with van der Waals surface area (Å²) >= 11 is 0. The predicted molar refractivity (Wildman–Crippen MR) is 225 cm³/mol. The summed E-state index contributed by atoms with van der Waals surface area (Å²) in [7, 11) is 0. The Hall–Kier alpha value is -6.32. The van der Waals surface area contributed by atoms with Crippen LogP contribution >= 0.6 is 0 Å². The van der Waals surface area contributed by atoms with E-state index in [1.807, 2.05) is 6.08 Å². The lowest BCUT2D eigenvalue weighted by Gasteiger charge is -2.20. The molecule has 7 aromatic rings. The van der Waals surface area contributed by atoms with E-state index < -0.39 is 0 Å². The molecule has 4 aliphatic rings. The van der Waals surface area contributed by atoms with Crippen molar-refractivity contribution in [2.24, 2.45) is 0 Å². The van der Waals surface area contributed by atoms with Crippen molar-refractivity contribution in [2.75, 3.05) is 0 Å². The molecule has 0 saturated carbocycles. The third kappa shape index (κ3) is 4.22. The maximum absolute atomic E-state index is 5.60. The van der Waals surface area contributed by atoms with Gasteiger partial charge in [-0.2, -0.15) is 0 Å². The largest absolute Gasteiger partial charge is 0.292 e. The molecule has 4 aliphatic carbocycles. The van der Waals surface area contributed by atoms with Gasteiger partial charge in [-0.25, -0.2) is 9.97 Å². The quantitative estimate of drug-likeness (QED) is 0.164. The summed E-state index contributed by atoms with van der Waals surface area (Å²) < 4.78 is 2.46. The molecule has 0 aliphatic heterocycles. The predicted octanol–water partition coefficient (Wildman–Crippen LogP) is 13.4. The molecule has 53 heavy (non-hydrogen) atoms. The molecule has 0 amide bonds. The first-order chi connectivity index (χ1) is 26.2. The third-order valence-electron chi connectivity index (χ3n) is 11.7. The van der Waals surface area contributed by atoms with Gasteiger partial charge in [0, 0.05) is 21.7 Å². The molecule has 0 radical (unpaired) electrons. The third-order valence-corrected chi connectivity index (χ3v) is 11.7. The fourth-order valence-corrected chi connectivity index (χ4v) is 9.49. The summed E-state index contributed by atoms with van der Waals surface area (Å²) in [5.41, 5.74) is 14.1. The first-order valence-corrected chi connectivity index (χ1v) is 19.0. The lowest BCUT2D eigenvalue weighted by Crippen LogP contribution is -2.11. The first-order valence-electron chi connectivity index (χ1n) is 19.0. The van der Waals surface area contributed by atoms with Crippen molar-refractivity contribution in [3.05, 3.63) is 157 Å². The van der Waals surface area contributed by atoms with E-state index >= 15 is 0 Å². The summed E-state index contributed by atoms with van der Waals surface area (Å²) in [5, 5.41) is 10.3. The molecule has 0 N–H and O–H groups in total. The topological polar surface area (TPSA) is 30.7 Å². The number of fused-ring (bicyclic) bond motifs is 4. The molecule has 0 atom stereocenters. The van der Waals surface area contributed by atoms with E-state index in [0.717, 1.165) is 60.6 Å². The van der Waals surface area contributed by atoms with Gasteiger partial charge in [-0.05, 0) is 111 Å². The fraction of sp³-hybridized carbons (Fsp3) is 0.120. The minimum atomic E-state index is 0.885. The lowest BCUT2D eigenvalue weighted by atomic mass is 9.90. The summed E-state index contributed by atoms with van der Waals surface area (Å²) in [6.07, 6.45) is 20.2. The Bertz CT molecular complexity index is 3040. The van der Waals surface area contributed by atoms with Crippen LogP contribution in [0.2, 0.25) is 0 Å². The molecule has 0 saturated heterocycles. The van der Waals surface area contributed by atoms with Crippen LogP contribution in [0, 0.1) is 0 Å². The fourth-order valence-electron chi connectivity index (χ4n) is 9.49. The second-order valence-electron chi connectivity index (χ2n) is 14.5. The summed E-state index contributed by atoms with van der Waals surface area (Å²) in [6.45, 7) is 6.39. The van der Waals surface area contributed by atoms with Gasteiger partial charge in [-0.1, -0.05) is 129 Å². The Morgan fingerprint density at radius 1 is 0.698 bits per heavy atom. The van der Waals surface area contributed by atoms with E-state index in [1.54, 1.807) is 0 Å². The van der Waals surface area contributed by atoms with Crippen molar-refractivity contribution < 1.29 is 0 Å². The summed E-state index contributed by atoms with van der Waals surface area (Å²) in [6, 6.07) is 34.1. The van der Waals surface area contributed by atoms with Gasteiger partial charge in [0.1, 0.15) is 5.69 Å². The van der Waals surface area contributed by atoms with E-state index in [0.29, 0.717) is 0 Å². The Balaban J connectivity index is 1.43. The molecule has 11 rings (SSSR count). The van der Waals surface area contributed by atoms with Gasteiger partial charge < -0.3 is 0 Å². The molecule has 3 heteroatoms. The van der Waals surface area contributed by atoms with E-state index in [9.17, 15) is 0 Å². The van der Waals surface area contributed by atoms with Gasteiger partial charge in [-0.3, -0.25) is 4.57 Å². The van der Waals surface area contributed by atoms with Crippen LogP contribution in [0.4, 0.5) is 0 Å². The van der Waals surface area contributed by atoms with Crippen LogP contribution in [-0.2, 0) is 6.42 Å². The number of aromatic nitrogens is 3. The zero-order valence-electron chi connectivity index (χ0n) is 29.8. The Morgan fingerprint density at radius 3 is 2.32 bits per heavy atom. The van der Waals surface area contributed by atoms with Crippen molar-refractivity contribution in [2.45, 2.75) is 39.0 Å². The Labute approximate surface area is 308 Å². The highest BCUT2D eigenvalue weighted by molar-refractivity contribution is 6.39. The number of allylic oxidation sites excluding steroid dienone is 8. The van der Waals surface area contributed by atoms with Crippen LogP contribution in [0.15, 0.2) is 134 Å². The van der Waals surface area contributed by atoms with Gasteiger partial charge in [-0.15, -0.1) is 0 Å². The average molecular weight is 680 g/mol. The highest BCUT2D eigenvalue weighted by atomic mass is 15.1. The normalized spacial score (nSPS) is 14.8. The van der Waals surface area contributed by atoms with Crippen molar-refractivity contribution in [1.82, 2.24) is 14.5 Å². The van der Waals surface area contributed by atoms with E-state index in [4.69, 9.17) is 9.97 Å². The SMILES string of the molecule is C=C/C=C(\CC)c1cc2c3c4c5c(ccc4n2-c2nc4c(nc2C2=CCCC=C2)C=CCC4)c2ccccc2c-5c(-c2ccccc2)c2cccc1c23. The van der Waals surface area contributed by atoms with Crippen molar-refractivity contribution in [1.29, 1.82) is 0 Å². The number of rotatable bonds is 6. The Kier molecular flexibility index (Phi) is 6.63. The molecule has 2 aromatic heterocycles. The van der Waals surface area contributed by atoms with Gasteiger partial charge in [0.25, 0.3) is 0 Å². The van der Waals surface area contributed by atoms with Crippen LogP contribution in [0.1, 0.15) is 55.3 Å². The van der Waals surface area contributed by atoms with Crippen molar-refractivity contribution >= 4 is 71.3 Å². The second-order valence-corrected chi connectivity index (χ2v) is 14.5. The maximum Gasteiger partial charge on any atom is 0.164 e. The van der Waals surface area contributed by atoms with Crippen LogP contribution < -0.4 is 0 Å². The highest BCUT2D eigenvalue weighted by Gasteiger charge is 2.31. The van der Waals surface area contributed by atoms with Crippen molar-refractivity contribution in [3.63, 3.8) is 0 Å². The van der Waals surface area contributed by atoms with Crippen LogP contribution in [0.3, 0.4) is 0 Å². The number of nitrogens with zero attached hydrogens (tertiary/aromatic N) is 3. The number of benzene rings is 5. The number of hydrogen-bond acceptors (Lipinski definition) is 2. The van der Waals surface area contributed by atoms with Crippen molar-refractivity contribution in [3.8, 4) is 28.1 Å². The maximum atomic E-state index is 5.60. The van der Waals surface area contributed by atoms with Gasteiger partial charge >= 0.3 is 0 Å². The minimum Gasteiger partial charge on any atom is -0.292 e. The molecule has 252 valence electrons. The summed E-state index contributed by atoms with van der Waals surface area (Å²) in [5.74, 6) is 0.912. The van der Waals surface area contributed by atoms with Gasteiger partial charge in [0.05, 0.1) is 22.4 Å². The first kappa shape index (κ1) is 30.3. The number of hydrogen-bond donors (Lipinski definition) is 0. The van der Waals surface area contributed by atoms with Crippen LogP contribution in [0.25, 0.3) is 99.4 Å². The molecule has 5 aromatic carbocycles. The molecule has 2 heterocycles. The average Bonchev–Trinajstić information content (AvgIpc) is 3.68. The zero-order chi connectivity index (χ0) is 35.2. The van der Waals surface area contributed by atoms with Crippen LogP contribution in [0.5, 0.6) is 0 Å². The lowest BCUT2D eigenvalue weighted by molar-refractivity contribution is 0.874. The zero-order valence-corrected chi connectivity index (χ0v) is 29.8. The summed E-state index contributed by atoms with van der Waals surface area (Å²) in [4.78, 5) is 11.0. The monoisotopic (exact) mass is 679 g/mol. The molecule has 0 unspecified atom stereocenters. The molecule has 3 nitrogen and oxygen atoms in total. The van der Waals surface area contributed by atoms with E-state index in [1.165, 1.54) is 87.5 Å². The molecule has 0 fully saturated rings. The van der Waals surface area contributed by atoms with E-state index in [-0.39, 0.29) is 0 Å². The number of aryl methyl sites for hydroxylation is 1. The van der Waals surface area contributed by atoms with Gasteiger partial charge in [0.2, 0.25) is 0 Å². The van der Waals surface area contributed by atoms with Crippen LogP contribution in [-0.4, -0.2) is 14.5 Å². The highest BCUT2D eigenvalue weighted by Crippen LogP contribution is 2.56.